The fourth-order valence-corrected chi connectivity index (χ4v) is 7.12. The molecular formula is C37H34ClN7O4. The van der Waals surface area contributed by atoms with E-state index < -0.39 is 5.97 Å². The third kappa shape index (κ3) is 6.16. The van der Waals surface area contributed by atoms with Crippen molar-refractivity contribution in [2.24, 2.45) is 5.92 Å². The Morgan fingerprint density at radius 1 is 1.08 bits per heavy atom. The molecule has 248 valence electrons. The second-order valence-corrected chi connectivity index (χ2v) is 12.8. The molecule has 4 heterocycles. The lowest BCUT2D eigenvalue weighted by Gasteiger charge is -2.18. The van der Waals surface area contributed by atoms with E-state index in [-0.39, 0.29) is 25.1 Å². The number of methoxy groups -OCH3 is 1. The lowest BCUT2D eigenvalue weighted by Crippen LogP contribution is -2.20. The molecule has 1 aliphatic carbocycles. The van der Waals surface area contributed by atoms with Crippen molar-refractivity contribution < 1.29 is 19.1 Å². The molecule has 4 aromatic heterocycles. The standard InChI is InChI=1S/C37H34ClN7O4/c1-23-30(31-16-28(48-3)12-13-32(31)45(23)37(47)25-8-10-27(38)11-9-25)17-34(46)49-22-43-15-14-29-35(40-21-41-36(29)43)26-18-42-44(20-26)33(19-39-2)24-6-4-5-7-24/h8-16,18,20-21,24,33H,4-7,17,19,22H2,1,3H3/t33-/m1/s1. The number of nitrogens with zero attached hydrogens (tertiary/aromatic N) is 7. The van der Waals surface area contributed by atoms with Crippen LogP contribution in [-0.2, 0) is 22.7 Å². The second-order valence-electron chi connectivity index (χ2n) is 12.3. The van der Waals surface area contributed by atoms with Crippen molar-refractivity contribution in [2.45, 2.75) is 51.8 Å². The number of halogens is 1. The van der Waals surface area contributed by atoms with Crippen LogP contribution in [-0.4, -0.2) is 54.4 Å². The summed E-state index contributed by atoms with van der Waals surface area (Å²) in [4.78, 5) is 39.7. The first-order valence-corrected chi connectivity index (χ1v) is 16.6. The van der Waals surface area contributed by atoms with Gasteiger partial charge in [-0.2, -0.15) is 5.10 Å². The molecule has 0 aliphatic heterocycles. The van der Waals surface area contributed by atoms with Gasteiger partial charge in [-0.05, 0) is 79.8 Å². The number of hydrogen-bond acceptors (Lipinski definition) is 7. The van der Waals surface area contributed by atoms with Gasteiger partial charge in [0.2, 0.25) is 6.54 Å². The molecule has 0 saturated heterocycles. The molecule has 11 nitrogen and oxygen atoms in total. The lowest BCUT2D eigenvalue weighted by atomic mass is 9.98. The third-order valence-electron chi connectivity index (χ3n) is 9.52. The Labute approximate surface area is 287 Å². The highest BCUT2D eigenvalue weighted by Crippen LogP contribution is 2.36. The number of benzene rings is 2. The average Bonchev–Trinajstić information content (AvgIpc) is 3.94. The fraction of sp³-hybridized carbons (Fsp3) is 0.297. The first-order valence-electron chi connectivity index (χ1n) is 16.2. The Morgan fingerprint density at radius 2 is 1.88 bits per heavy atom. The quantitative estimate of drug-likeness (QED) is 0.111. The van der Waals surface area contributed by atoms with E-state index in [2.05, 4.69) is 19.9 Å². The largest absolute Gasteiger partial charge is 0.497 e. The predicted octanol–water partition coefficient (Wildman–Crippen LogP) is 7.30. The summed E-state index contributed by atoms with van der Waals surface area (Å²) < 4.78 is 16.5. The van der Waals surface area contributed by atoms with Crippen molar-refractivity contribution in [3.63, 3.8) is 0 Å². The van der Waals surface area contributed by atoms with Crippen molar-refractivity contribution in [2.75, 3.05) is 13.7 Å². The Morgan fingerprint density at radius 3 is 2.63 bits per heavy atom. The zero-order valence-corrected chi connectivity index (χ0v) is 27.9. The van der Waals surface area contributed by atoms with Gasteiger partial charge in [-0.1, -0.05) is 24.4 Å². The Bertz CT molecular complexity index is 2220. The van der Waals surface area contributed by atoms with Crippen LogP contribution in [0, 0.1) is 19.4 Å². The van der Waals surface area contributed by atoms with E-state index in [9.17, 15) is 9.59 Å². The zero-order valence-electron chi connectivity index (χ0n) is 27.2. The molecule has 7 rings (SSSR count). The molecule has 1 fully saturated rings. The maximum atomic E-state index is 13.6. The fourth-order valence-electron chi connectivity index (χ4n) is 7.00. The zero-order chi connectivity index (χ0) is 34.1. The first kappa shape index (κ1) is 32.1. The van der Waals surface area contributed by atoms with Gasteiger partial charge in [-0.15, -0.1) is 0 Å². The third-order valence-corrected chi connectivity index (χ3v) is 9.77. The number of ether oxygens (including phenoxy) is 2. The van der Waals surface area contributed by atoms with Gasteiger partial charge < -0.3 is 14.3 Å². The summed E-state index contributed by atoms with van der Waals surface area (Å²) in [7, 11) is 1.57. The predicted molar refractivity (Wildman–Crippen MR) is 185 cm³/mol. The normalized spacial score (nSPS) is 13.9. The van der Waals surface area contributed by atoms with Gasteiger partial charge in [0.05, 0.1) is 30.9 Å². The molecule has 0 bridgehead atoms. The highest BCUT2D eigenvalue weighted by Gasteiger charge is 2.30. The Balaban J connectivity index is 1.11. The maximum absolute atomic E-state index is 13.6. The summed E-state index contributed by atoms with van der Waals surface area (Å²) in [5.41, 5.74) is 4.62. The SMILES string of the molecule is [C-]#[N+]C[C@H](C1CCCC1)n1cc(-c2ncnc3c2ccn3COC(=O)Cc2c(C)n(C(=O)c3ccc(Cl)cc3)c3ccc(OC)cc23)cn1. The molecule has 12 heteroatoms. The second kappa shape index (κ2) is 13.6. The Kier molecular flexibility index (Phi) is 8.89. The van der Waals surface area contributed by atoms with Crippen LogP contribution >= 0.6 is 11.6 Å². The highest BCUT2D eigenvalue weighted by atomic mass is 35.5. The van der Waals surface area contributed by atoms with Crippen LogP contribution in [0.5, 0.6) is 5.75 Å². The number of carbonyl (C=O) groups is 2. The Hall–Kier alpha value is -5.47. The topological polar surface area (TPSA) is 110 Å². The maximum Gasteiger partial charge on any atom is 0.312 e. The lowest BCUT2D eigenvalue weighted by molar-refractivity contribution is -0.146. The van der Waals surface area contributed by atoms with Crippen molar-refractivity contribution >= 4 is 45.4 Å². The van der Waals surface area contributed by atoms with Crippen molar-refractivity contribution in [3.05, 3.63) is 107 Å². The van der Waals surface area contributed by atoms with E-state index in [0.29, 0.717) is 51.2 Å². The molecule has 1 atom stereocenters. The molecule has 0 spiro atoms. The van der Waals surface area contributed by atoms with Crippen LogP contribution in [0.4, 0.5) is 0 Å². The first-order chi connectivity index (χ1) is 23.9. The number of aromatic nitrogens is 6. The van der Waals surface area contributed by atoms with Crippen molar-refractivity contribution in [1.29, 1.82) is 0 Å². The van der Waals surface area contributed by atoms with Crippen LogP contribution in [0.3, 0.4) is 0 Å². The van der Waals surface area contributed by atoms with Crippen LogP contribution in [0.2, 0.25) is 5.02 Å². The molecule has 2 aromatic carbocycles. The minimum absolute atomic E-state index is 0.0457. The van der Waals surface area contributed by atoms with Crippen LogP contribution in [0.1, 0.15) is 53.3 Å². The number of carbonyl (C=O) groups excluding carboxylic acids is 2. The molecule has 0 amide bonds. The number of rotatable bonds is 10. The summed E-state index contributed by atoms with van der Waals surface area (Å²) in [5.74, 6) is 0.371. The van der Waals surface area contributed by atoms with Gasteiger partial charge in [-0.3, -0.25) is 23.4 Å². The number of esters is 1. The minimum atomic E-state index is -0.459. The van der Waals surface area contributed by atoms with Gasteiger partial charge in [0, 0.05) is 45.0 Å². The molecule has 1 saturated carbocycles. The molecule has 0 radical (unpaired) electrons. The van der Waals surface area contributed by atoms with Gasteiger partial charge >= 0.3 is 5.97 Å². The summed E-state index contributed by atoms with van der Waals surface area (Å²) >= 11 is 6.06. The van der Waals surface area contributed by atoms with Crippen molar-refractivity contribution in [3.8, 4) is 17.0 Å². The van der Waals surface area contributed by atoms with Crippen LogP contribution in [0.15, 0.2) is 73.4 Å². The summed E-state index contributed by atoms with van der Waals surface area (Å²) in [6, 6.07) is 14.1. The molecule has 1 aliphatic rings. The molecular weight excluding hydrogens is 642 g/mol. The molecule has 49 heavy (non-hydrogen) atoms. The number of hydrogen-bond donors (Lipinski definition) is 0. The summed E-state index contributed by atoms with van der Waals surface area (Å²) in [5, 5.41) is 6.71. The molecule has 0 N–H and O–H groups in total. The van der Waals surface area contributed by atoms with E-state index in [1.807, 2.05) is 42.2 Å². The number of fused-ring (bicyclic) bond motifs is 2. The average molecular weight is 676 g/mol. The van der Waals surface area contributed by atoms with E-state index in [1.165, 1.54) is 19.2 Å². The molecule has 6 aromatic rings. The van der Waals surface area contributed by atoms with Gasteiger partial charge in [0.1, 0.15) is 23.8 Å². The monoisotopic (exact) mass is 675 g/mol. The van der Waals surface area contributed by atoms with Crippen LogP contribution in [0.25, 0.3) is 38.0 Å². The van der Waals surface area contributed by atoms with Gasteiger partial charge in [-0.25, -0.2) is 16.5 Å². The van der Waals surface area contributed by atoms with Crippen molar-refractivity contribution in [1.82, 2.24) is 28.9 Å². The summed E-state index contributed by atoms with van der Waals surface area (Å²) in [6.07, 6.45) is 11.6. The van der Waals surface area contributed by atoms with E-state index in [1.54, 1.807) is 52.8 Å². The van der Waals surface area contributed by atoms with E-state index in [4.69, 9.17) is 27.6 Å². The van der Waals surface area contributed by atoms with Gasteiger partial charge in [0.25, 0.3) is 5.91 Å². The van der Waals surface area contributed by atoms with E-state index in [0.717, 1.165) is 34.9 Å². The minimum Gasteiger partial charge on any atom is -0.497 e. The smallest absolute Gasteiger partial charge is 0.312 e. The van der Waals surface area contributed by atoms with Gasteiger partial charge in [0.15, 0.2) is 6.73 Å². The van der Waals surface area contributed by atoms with E-state index >= 15 is 0 Å². The highest BCUT2D eigenvalue weighted by molar-refractivity contribution is 6.30. The molecule has 0 unspecified atom stereocenters. The van der Waals surface area contributed by atoms with Crippen LogP contribution < -0.4 is 4.74 Å². The summed E-state index contributed by atoms with van der Waals surface area (Å²) in [6.45, 7) is 9.64.